The Hall–Kier alpha value is -2.70. The van der Waals surface area contributed by atoms with Crippen molar-refractivity contribution in [3.8, 4) is 0 Å². The van der Waals surface area contributed by atoms with Gasteiger partial charge in [0.15, 0.2) is 6.61 Å². The fraction of sp³-hybridized carbons (Fsp3) is 0.565. The molecule has 1 heterocycles. The van der Waals surface area contributed by atoms with Gasteiger partial charge in [0.05, 0.1) is 11.1 Å². The van der Waals surface area contributed by atoms with Crippen molar-refractivity contribution in [2.24, 2.45) is 17.8 Å². The van der Waals surface area contributed by atoms with Crippen LogP contribution < -0.4 is 5.32 Å². The summed E-state index contributed by atoms with van der Waals surface area (Å²) in [5.74, 6) is 0.00926. The molecule has 0 spiro atoms. The van der Waals surface area contributed by atoms with Gasteiger partial charge in [0.1, 0.15) is 6.04 Å². The summed E-state index contributed by atoms with van der Waals surface area (Å²) in [6, 6.07) is 5.38. The van der Waals surface area contributed by atoms with Crippen molar-refractivity contribution in [3.63, 3.8) is 0 Å². The molecule has 1 aromatic carbocycles. The highest BCUT2D eigenvalue weighted by atomic mass is 16.5. The Kier molecular flexibility index (Phi) is 4.45. The SMILES string of the molecule is CC(C(=O)OCC(=O)NC12CC3CC(CC(C3)C1)C2)N1C(=O)c2ccccc2C1=O. The molecule has 0 aromatic heterocycles. The van der Waals surface area contributed by atoms with Gasteiger partial charge in [-0.25, -0.2) is 4.79 Å². The van der Waals surface area contributed by atoms with E-state index >= 15 is 0 Å². The van der Waals surface area contributed by atoms with Crippen LogP contribution in [0.3, 0.4) is 0 Å². The van der Waals surface area contributed by atoms with Crippen LogP contribution in [0, 0.1) is 17.8 Å². The number of ether oxygens (including phenoxy) is 1. The van der Waals surface area contributed by atoms with Gasteiger partial charge in [0.25, 0.3) is 17.7 Å². The molecule has 4 saturated carbocycles. The van der Waals surface area contributed by atoms with Crippen molar-refractivity contribution in [1.29, 1.82) is 0 Å². The fourth-order valence-electron chi connectivity index (χ4n) is 6.52. The molecule has 0 radical (unpaired) electrons. The molecule has 4 bridgehead atoms. The average molecular weight is 410 g/mol. The predicted molar refractivity (Wildman–Crippen MR) is 106 cm³/mol. The summed E-state index contributed by atoms with van der Waals surface area (Å²) in [5, 5.41) is 3.16. The van der Waals surface area contributed by atoms with Gasteiger partial charge < -0.3 is 10.1 Å². The van der Waals surface area contributed by atoms with E-state index in [2.05, 4.69) is 5.32 Å². The van der Waals surface area contributed by atoms with Gasteiger partial charge in [0.2, 0.25) is 0 Å². The third-order valence-electron chi connectivity index (χ3n) is 7.34. The smallest absolute Gasteiger partial charge is 0.329 e. The van der Waals surface area contributed by atoms with Gasteiger partial charge in [-0.05, 0) is 75.3 Å². The third kappa shape index (κ3) is 3.11. The average Bonchev–Trinajstić information content (AvgIpc) is 2.95. The van der Waals surface area contributed by atoms with E-state index in [-0.39, 0.29) is 22.6 Å². The van der Waals surface area contributed by atoms with E-state index < -0.39 is 30.4 Å². The topological polar surface area (TPSA) is 92.8 Å². The number of rotatable bonds is 5. The fourth-order valence-corrected chi connectivity index (χ4v) is 6.52. The number of amides is 3. The molecule has 4 fully saturated rings. The highest BCUT2D eigenvalue weighted by Crippen LogP contribution is 2.55. The normalized spacial score (nSPS) is 32.2. The number of carbonyl (C=O) groups excluding carboxylic acids is 4. The quantitative estimate of drug-likeness (QED) is 0.594. The molecule has 1 atom stereocenters. The Morgan fingerprint density at radius 3 is 2.03 bits per heavy atom. The molecule has 0 saturated heterocycles. The van der Waals surface area contributed by atoms with Gasteiger partial charge in [-0.3, -0.25) is 19.3 Å². The van der Waals surface area contributed by atoms with Gasteiger partial charge in [-0.1, -0.05) is 12.1 Å². The molecular weight excluding hydrogens is 384 g/mol. The van der Waals surface area contributed by atoms with E-state index in [9.17, 15) is 19.2 Å². The van der Waals surface area contributed by atoms with E-state index in [1.165, 1.54) is 26.2 Å². The van der Waals surface area contributed by atoms with E-state index in [1.54, 1.807) is 24.3 Å². The minimum Gasteiger partial charge on any atom is -0.454 e. The van der Waals surface area contributed by atoms with Crippen LogP contribution in [0.15, 0.2) is 24.3 Å². The predicted octanol–water partition coefficient (Wildman–Crippen LogP) is 2.30. The van der Waals surface area contributed by atoms with Crippen molar-refractivity contribution in [1.82, 2.24) is 10.2 Å². The molecule has 6 rings (SSSR count). The lowest BCUT2D eigenvalue weighted by molar-refractivity contribution is -0.153. The molecule has 1 aromatic rings. The Labute approximate surface area is 175 Å². The minimum absolute atomic E-state index is 0.146. The number of nitrogens with zero attached hydrogens (tertiary/aromatic N) is 1. The Morgan fingerprint density at radius 1 is 1.03 bits per heavy atom. The summed E-state index contributed by atoms with van der Waals surface area (Å²) in [4.78, 5) is 51.0. The number of esters is 1. The molecule has 7 nitrogen and oxygen atoms in total. The molecule has 7 heteroatoms. The molecule has 1 unspecified atom stereocenters. The Morgan fingerprint density at radius 2 is 1.53 bits per heavy atom. The van der Waals surface area contributed by atoms with Gasteiger partial charge in [-0.2, -0.15) is 0 Å². The zero-order valence-corrected chi connectivity index (χ0v) is 17.1. The second-order valence-electron chi connectivity index (χ2n) is 9.56. The summed E-state index contributed by atoms with van der Waals surface area (Å²) in [5.41, 5.74) is 0.412. The minimum atomic E-state index is -1.09. The lowest BCUT2D eigenvalue weighted by atomic mass is 9.53. The van der Waals surface area contributed by atoms with Crippen LogP contribution in [0.25, 0.3) is 0 Å². The summed E-state index contributed by atoms with van der Waals surface area (Å²) in [7, 11) is 0. The molecule has 158 valence electrons. The number of hydrogen-bond acceptors (Lipinski definition) is 5. The van der Waals surface area contributed by atoms with Crippen LogP contribution in [0.4, 0.5) is 0 Å². The van der Waals surface area contributed by atoms with Crippen molar-refractivity contribution >= 4 is 23.7 Å². The third-order valence-corrected chi connectivity index (χ3v) is 7.34. The highest BCUT2D eigenvalue weighted by Gasteiger charge is 2.51. The van der Waals surface area contributed by atoms with Crippen molar-refractivity contribution in [2.75, 3.05) is 6.61 Å². The lowest BCUT2D eigenvalue weighted by Gasteiger charge is -2.56. The first-order valence-corrected chi connectivity index (χ1v) is 10.8. The second-order valence-corrected chi connectivity index (χ2v) is 9.56. The van der Waals surface area contributed by atoms with Crippen molar-refractivity contribution < 1.29 is 23.9 Å². The zero-order chi connectivity index (χ0) is 21.0. The van der Waals surface area contributed by atoms with Crippen LogP contribution in [-0.2, 0) is 14.3 Å². The van der Waals surface area contributed by atoms with E-state index in [1.807, 2.05) is 0 Å². The van der Waals surface area contributed by atoms with Crippen LogP contribution in [0.2, 0.25) is 0 Å². The summed E-state index contributed by atoms with van der Waals surface area (Å²) < 4.78 is 5.19. The van der Waals surface area contributed by atoms with Gasteiger partial charge in [0, 0.05) is 5.54 Å². The summed E-state index contributed by atoms with van der Waals surface area (Å²) in [6.07, 6.45) is 6.89. The monoisotopic (exact) mass is 410 g/mol. The zero-order valence-electron chi connectivity index (χ0n) is 17.1. The first kappa shape index (κ1) is 19.3. The highest BCUT2D eigenvalue weighted by molar-refractivity contribution is 6.22. The van der Waals surface area contributed by atoms with E-state index in [0.717, 1.165) is 24.2 Å². The van der Waals surface area contributed by atoms with Crippen molar-refractivity contribution in [2.45, 2.75) is 57.0 Å². The maximum Gasteiger partial charge on any atom is 0.329 e. The van der Waals surface area contributed by atoms with Crippen LogP contribution >= 0.6 is 0 Å². The number of benzene rings is 1. The number of carbonyl (C=O) groups is 4. The number of fused-ring (bicyclic) bond motifs is 1. The first-order chi connectivity index (χ1) is 14.3. The standard InChI is InChI=1S/C23H26N2O5/c1-13(25-20(27)17-4-2-3-5-18(17)21(25)28)22(29)30-12-19(26)24-23-9-14-6-15(10-23)8-16(7-14)11-23/h2-5,13-16H,6-12H2,1H3,(H,24,26). The van der Waals surface area contributed by atoms with E-state index in [4.69, 9.17) is 4.74 Å². The van der Waals surface area contributed by atoms with E-state index in [0.29, 0.717) is 17.8 Å². The number of nitrogens with one attached hydrogen (secondary N) is 1. The second kappa shape index (κ2) is 6.93. The maximum atomic E-state index is 12.5. The van der Waals surface area contributed by atoms with Gasteiger partial charge >= 0.3 is 5.97 Å². The Bertz CT molecular complexity index is 869. The lowest BCUT2D eigenvalue weighted by Crippen LogP contribution is -2.60. The summed E-state index contributed by atoms with van der Waals surface area (Å²) >= 11 is 0. The molecule has 3 amide bonds. The van der Waals surface area contributed by atoms with Crippen LogP contribution in [0.1, 0.15) is 66.2 Å². The van der Waals surface area contributed by atoms with Crippen LogP contribution in [0.5, 0.6) is 0 Å². The molecule has 30 heavy (non-hydrogen) atoms. The molecular formula is C23H26N2O5. The van der Waals surface area contributed by atoms with Crippen LogP contribution in [-0.4, -0.2) is 46.8 Å². The number of hydrogen-bond donors (Lipinski definition) is 1. The maximum absolute atomic E-state index is 12.5. The van der Waals surface area contributed by atoms with Gasteiger partial charge in [-0.15, -0.1) is 0 Å². The molecule has 4 aliphatic carbocycles. The molecule has 5 aliphatic rings. The molecule has 1 aliphatic heterocycles. The Balaban J connectivity index is 1.18. The first-order valence-electron chi connectivity index (χ1n) is 10.8. The molecule has 1 N–H and O–H groups in total. The van der Waals surface area contributed by atoms with Crippen molar-refractivity contribution in [3.05, 3.63) is 35.4 Å². The largest absolute Gasteiger partial charge is 0.454 e. The summed E-state index contributed by atoms with van der Waals surface area (Å²) in [6.45, 7) is 1.05. The number of imide groups is 1.